The first-order valence-electron chi connectivity index (χ1n) is 12.3. The van der Waals surface area contributed by atoms with Crippen LogP contribution in [0.4, 0.5) is 14.6 Å². The molecule has 3 aromatic heterocycles. The molecular weight excluding hydrogens is 492 g/mol. The predicted molar refractivity (Wildman–Crippen MR) is 138 cm³/mol. The molecule has 1 saturated heterocycles. The Morgan fingerprint density at radius 1 is 1.13 bits per heavy atom. The normalized spacial score (nSPS) is 15.4. The summed E-state index contributed by atoms with van der Waals surface area (Å²) in [6.07, 6.45) is 4.90. The molecule has 2 aromatic carbocycles. The van der Waals surface area contributed by atoms with Gasteiger partial charge < -0.3 is 24.5 Å². The molecule has 0 bridgehead atoms. The van der Waals surface area contributed by atoms with Crippen LogP contribution < -0.4 is 15.0 Å². The quantitative estimate of drug-likeness (QED) is 0.337. The van der Waals surface area contributed by atoms with Gasteiger partial charge in [0.1, 0.15) is 30.1 Å². The molecule has 1 amide bonds. The number of aromatic amines is 1. The lowest BCUT2D eigenvalue weighted by Gasteiger charge is -2.25. The number of H-pyrrole nitrogens is 1. The second-order valence-corrected chi connectivity index (χ2v) is 9.30. The molecule has 1 aliphatic heterocycles. The Hall–Kier alpha value is -4.54. The van der Waals surface area contributed by atoms with Crippen LogP contribution in [0.25, 0.3) is 22.1 Å². The zero-order valence-electron chi connectivity index (χ0n) is 20.6. The molecule has 38 heavy (non-hydrogen) atoms. The van der Waals surface area contributed by atoms with Gasteiger partial charge in [-0.2, -0.15) is 0 Å². The molecule has 1 atom stereocenters. The van der Waals surface area contributed by atoms with Gasteiger partial charge in [-0.15, -0.1) is 0 Å². The standard InChI is InChI=1S/C27H25F2N7O2/c1-35-21-9-8-18(29)11-20(21)24(23(35)27(37)30-12-16-4-6-17(28)7-5-16)38-13-19-3-2-10-36(19)26-22-25(32-14-31-22)33-15-34-26/h4-9,11,14-15,19H,2-3,10,12-13H2,1H3,(H,30,37)(H,31,32,33,34). The number of ether oxygens (including phenoxy) is 1. The summed E-state index contributed by atoms with van der Waals surface area (Å²) in [7, 11) is 1.75. The number of hydrogen-bond acceptors (Lipinski definition) is 6. The summed E-state index contributed by atoms with van der Waals surface area (Å²) < 4.78 is 35.6. The van der Waals surface area contributed by atoms with E-state index >= 15 is 0 Å². The van der Waals surface area contributed by atoms with E-state index in [1.807, 2.05) is 0 Å². The number of hydrogen-bond donors (Lipinski definition) is 2. The Labute approximate surface area is 216 Å². The summed E-state index contributed by atoms with van der Waals surface area (Å²) >= 11 is 0. The Kier molecular flexibility index (Phi) is 6.10. The van der Waals surface area contributed by atoms with Crippen molar-refractivity contribution < 1.29 is 18.3 Å². The first-order chi connectivity index (χ1) is 18.5. The number of carbonyl (C=O) groups excluding carboxylic acids is 1. The maximum absolute atomic E-state index is 14.3. The third-order valence-corrected chi connectivity index (χ3v) is 6.96. The van der Waals surface area contributed by atoms with Gasteiger partial charge in [0.25, 0.3) is 5.91 Å². The fraction of sp³-hybridized carbons (Fsp3) is 0.259. The highest BCUT2D eigenvalue weighted by Gasteiger charge is 2.30. The number of nitrogens with one attached hydrogen (secondary N) is 2. The highest BCUT2D eigenvalue weighted by molar-refractivity contribution is 6.04. The molecule has 1 aliphatic rings. The number of halogens is 2. The van der Waals surface area contributed by atoms with E-state index in [9.17, 15) is 13.6 Å². The number of nitrogens with zero attached hydrogens (tertiary/aromatic N) is 5. The monoisotopic (exact) mass is 517 g/mol. The zero-order valence-corrected chi connectivity index (χ0v) is 20.6. The van der Waals surface area contributed by atoms with E-state index in [-0.39, 0.29) is 36.6 Å². The minimum Gasteiger partial charge on any atom is -0.488 e. The molecular formula is C27H25F2N7O2. The maximum Gasteiger partial charge on any atom is 0.272 e. The number of benzene rings is 2. The summed E-state index contributed by atoms with van der Waals surface area (Å²) in [5, 5.41) is 3.39. The molecule has 1 unspecified atom stereocenters. The molecule has 0 spiro atoms. The van der Waals surface area contributed by atoms with Gasteiger partial charge in [0.05, 0.1) is 17.9 Å². The van der Waals surface area contributed by atoms with Crippen molar-refractivity contribution in [3.05, 3.63) is 78.0 Å². The lowest BCUT2D eigenvalue weighted by molar-refractivity contribution is 0.0938. The number of fused-ring (bicyclic) bond motifs is 2. The number of imidazole rings is 1. The van der Waals surface area contributed by atoms with Gasteiger partial charge in [-0.3, -0.25) is 4.79 Å². The molecule has 0 radical (unpaired) electrons. The minimum atomic E-state index is -0.421. The molecule has 0 saturated carbocycles. The number of anilines is 1. The number of carbonyl (C=O) groups is 1. The van der Waals surface area contributed by atoms with Crippen LogP contribution in [0.5, 0.6) is 5.75 Å². The van der Waals surface area contributed by atoms with Crippen LogP contribution in [0, 0.1) is 11.6 Å². The van der Waals surface area contributed by atoms with Gasteiger partial charge >= 0.3 is 0 Å². The fourth-order valence-electron chi connectivity index (χ4n) is 5.08. The smallest absolute Gasteiger partial charge is 0.272 e. The Balaban J connectivity index is 1.28. The van der Waals surface area contributed by atoms with E-state index in [0.29, 0.717) is 27.8 Å². The molecule has 194 valence electrons. The lowest BCUT2D eigenvalue weighted by atomic mass is 10.2. The molecule has 5 aromatic rings. The van der Waals surface area contributed by atoms with Crippen LogP contribution in [0.2, 0.25) is 0 Å². The van der Waals surface area contributed by atoms with Gasteiger partial charge in [-0.1, -0.05) is 12.1 Å². The first kappa shape index (κ1) is 23.8. The van der Waals surface area contributed by atoms with Crippen LogP contribution in [0.1, 0.15) is 28.9 Å². The van der Waals surface area contributed by atoms with Crippen LogP contribution in [-0.4, -0.2) is 49.6 Å². The highest BCUT2D eigenvalue weighted by Crippen LogP contribution is 2.35. The second kappa shape index (κ2) is 9.73. The Morgan fingerprint density at radius 3 is 2.79 bits per heavy atom. The van der Waals surface area contributed by atoms with Crippen molar-refractivity contribution >= 4 is 33.8 Å². The van der Waals surface area contributed by atoms with E-state index in [2.05, 4.69) is 30.2 Å². The zero-order chi connectivity index (χ0) is 26.2. The van der Waals surface area contributed by atoms with E-state index in [1.54, 1.807) is 36.1 Å². The third kappa shape index (κ3) is 4.29. The van der Waals surface area contributed by atoms with Crippen LogP contribution in [0.3, 0.4) is 0 Å². The molecule has 6 rings (SSSR count). The van der Waals surface area contributed by atoms with Crippen molar-refractivity contribution in [3.63, 3.8) is 0 Å². The van der Waals surface area contributed by atoms with E-state index in [0.717, 1.165) is 30.8 Å². The van der Waals surface area contributed by atoms with Gasteiger partial charge in [0, 0.05) is 25.5 Å². The van der Waals surface area contributed by atoms with Crippen molar-refractivity contribution in [3.8, 4) is 5.75 Å². The van der Waals surface area contributed by atoms with Crippen molar-refractivity contribution in [2.75, 3.05) is 18.1 Å². The largest absolute Gasteiger partial charge is 0.488 e. The SMILES string of the molecule is Cn1c(C(=O)NCc2ccc(F)cc2)c(OCC2CCCN2c2ncnc3[nH]cnc23)c2cc(F)ccc21. The predicted octanol–water partition coefficient (Wildman–Crippen LogP) is 4.10. The van der Waals surface area contributed by atoms with Crippen LogP contribution in [0.15, 0.2) is 55.1 Å². The number of aromatic nitrogens is 5. The molecule has 2 N–H and O–H groups in total. The van der Waals surface area contributed by atoms with E-state index < -0.39 is 5.82 Å². The fourth-order valence-corrected chi connectivity index (χ4v) is 5.08. The number of rotatable bonds is 7. The van der Waals surface area contributed by atoms with Gasteiger partial charge in [0.2, 0.25) is 0 Å². The summed E-state index contributed by atoms with van der Waals surface area (Å²) in [5.74, 6) is -0.0968. The van der Waals surface area contributed by atoms with Crippen molar-refractivity contribution in [1.29, 1.82) is 0 Å². The number of aryl methyl sites for hydroxylation is 1. The van der Waals surface area contributed by atoms with Crippen molar-refractivity contribution in [2.45, 2.75) is 25.4 Å². The summed E-state index contributed by atoms with van der Waals surface area (Å²) in [4.78, 5) is 31.6. The van der Waals surface area contributed by atoms with E-state index in [1.165, 1.54) is 30.6 Å². The molecule has 4 heterocycles. The van der Waals surface area contributed by atoms with Crippen molar-refractivity contribution in [1.82, 2.24) is 29.8 Å². The molecule has 0 aliphatic carbocycles. The molecule has 9 nitrogen and oxygen atoms in total. The average Bonchev–Trinajstić information content (AvgIpc) is 3.65. The topological polar surface area (TPSA) is 101 Å². The Morgan fingerprint density at radius 2 is 1.95 bits per heavy atom. The van der Waals surface area contributed by atoms with E-state index in [4.69, 9.17) is 4.74 Å². The summed E-state index contributed by atoms with van der Waals surface area (Å²) in [6.45, 7) is 1.25. The summed E-state index contributed by atoms with van der Waals surface area (Å²) in [5.41, 5.74) is 3.06. The number of amides is 1. The third-order valence-electron chi connectivity index (χ3n) is 6.96. The van der Waals surface area contributed by atoms with Gasteiger partial charge in [0.15, 0.2) is 22.9 Å². The Bertz CT molecular complexity index is 1630. The lowest BCUT2D eigenvalue weighted by Crippen LogP contribution is -2.35. The van der Waals surface area contributed by atoms with Crippen LogP contribution >= 0.6 is 0 Å². The van der Waals surface area contributed by atoms with Gasteiger partial charge in [-0.25, -0.2) is 23.7 Å². The second-order valence-electron chi connectivity index (χ2n) is 9.30. The first-order valence-corrected chi connectivity index (χ1v) is 12.3. The van der Waals surface area contributed by atoms with Gasteiger partial charge in [-0.05, 0) is 48.7 Å². The molecule has 11 heteroatoms. The van der Waals surface area contributed by atoms with Crippen molar-refractivity contribution in [2.24, 2.45) is 7.05 Å². The minimum absolute atomic E-state index is 0.0243. The maximum atomic E-state index is 14.3. The molecule has 1 fully saturated rings. The summed E-state index contributed by atoms with van der Waals surface area (Å²) in [6, 6.07) is 10.3. The highest BCUT2D eigenvalue weighted by atomic mass is 19.1. The van der Waals surface area contributed by atoms with Crippen LogP contribution in [-0.2, 0) is 13.6 Å². The average molecular weight is 518 g/mol.